The van der Waals surface area contributed by atoms with Crippen molar-refractivity contribution in [1.82, 2.24) is 20.0 Å². The first-order valence-corrected chi connectivity index (χ1v) is 8.99. The van der Waals surface area contributed by atoms with Crippen molar-refractivity contribution in [3.63, 3.8) is 0 Å². The van der Waals surface area contributed by atoms with E-state index in [1.54, 1.807) is 11.3 Å². The molecule has 1 fully saturated rings. The molecule has 1 saturated heterocycles. The summed E-state index contributed by atoms with van der Waals surface area (Å²) < 4.78 is 0. The summed E-state index contributed by atoms with van der Waals surface area (Å²) in [7, 11) is 4.30. The highest BCUT2D eigenvalue weighted by Gasteiger charge is 2.15. The summed E-state index contributed by atoms with van der Waals surface area (Å²) in [5.74, 6) is 0. The van der Waals surface area contributed by atoms with Crippen LogP contribution in [-0.4, -0.2) is 87.7 Å². The van der Waals surface area contributed by atoms with E-state index < -0.39 is 0 Å². The van der Waals surface area contributed by atoms with Gasteiger partial charge in [0.2, 0.25) is 0 Å². The van der Waals surface area contributed by atoms with Crippen molar-refractivity contribution in [3.8, 4) is 0 Å². The summed E-state index contributed by atoms with van der Waals surface area (Å²) >= 11 is 1.79. The first kappa shape index (κ1) is 16.9. The lowest BCUT2D eigenvalue weighted by atomic mass is 10.2. The first-order chi connectivity index (χ1) is 10.2. The number of hydrogen-bond acceptors (Lipinski definition) is 5. The predicted molar refractivity (Wildman–Crippen MR) is 92.3 cm³/mol. The normalized spacial score (nSPS) is 17.7. The molecule has 1 N–H and O–H groups in total. The molecule has 0 amide bonds. The molecular weight excluding hydrogens is 280 g/mol. The number of piperazine rings is 1. The highest BCUT2D eigenvalue weighted by molar-refractivity contribution is 7.07. The number of likely N-dealkylation sites (N-methyl/N-ethyl adjacent to an activating group) is 1. The van der Waals surface area contributed by atoms with E-state index in [0.29, 0.717) is 0 Å². The zero-order valence-corrected chi connectivity index (χ0v) is 14.4. The van der Waals surface area contributed by atoms with E-state index in [1.165, 1.54) is 51.4 Å². The maximum Gasteiger partial charge on any atom is 0.0110 e. The zero-order valence-electron chi connectivity index (χ0n) is 13.6. The van der Waals surface area contributed by atoms with Crippen molar-refractivity contribution in [2.24, 2.45) is 0 Å². The van der Waals surface area contributed by atoms with E-state index in [4.69, 9.17) is 0 Å². The van der Waals surface area contributed by atoms with Crippen molar-refractivity contribution < 1.29 is 0 Å². The van der Waals surface area contributed by atoms with Crippen LogP contribution < -0.4 is 5.32 Å². The fourth-order valence-corrected chi connectivity index (χ4v) is 3.31. The van der Waals surface area contributed by atoms with E-state index in [-0.39, 0.29) is 0 Å². The molecule has 0 radical (unpaired) electrons. The van der Waals surface area contributed by atoms with Gasteiger partial charge in [-0.2, -0.15) is 11.3 Å². The second-order valence-electron chi connectivity index (χ2n) is 6.12. The molecule has 0 aromatic carbocycles. The fourth-order valence-electron chi connectivity index (χ4n) is 2.61. The third-order valence-electron chi connectivity index (χ3n) is 4.10. The molecule has 0 saturated carbocycles. The predicted octanol–water partition coefficient (Wildman–Crippen LogP) is 1.06. The lowest BCUT2D eigenvalue weighted by molar-refractivity contribution is 0.126. The van der Waals surface area contributed by atoms with Crippen LogP contribution in [0.4, 0.5) is 0 Å². The Morgan fingerprint density at radius 1 is 1.10 bits per heavy atom. The van der Waals surface area contributed by atoms with Gasteiger partial charge in [-0.3, -0.25) is 9.80 Å². The molecule has 2 heterocycles. The standard InChI is InChI=1S/C16H30N4S/c1-18(2)8-9-20-12-10-19(11-13-20)7-6-17-5-3-16-4-14-21-15-16/h4,14-15,17H,3,5-13H2,1-2H3. The van der Waals surface area contributed by atoms with Crippen LogP contribution in [0.5, 0.6) is 0 Å². The topological polar surface area (TPSA) is 21.8 Å². The van der Waals surface area contributed by atoms with Crippen LogP contribution in [0.1, 0.15) is 5.56 Å². The van der Waals surface area contributed by atoms with Gasteiger partial charge in [-0.15, -0.1) is 0 Å². The summed E-state index contributed by atoms with van der Waals surface area (Å²) in [6, 6.07) is 2.22. The molecule has 1 aliphatic heterocycles. The van der Waals surface area contributed by atoms with Gasteiger partial charge in [0.1, 0.15) is 0 Å². The van der Waals surface area contributed by atoms with Gasteiger partial charge in [-0.05, 0) is 49.5 Å². The monoisotopic (exact) mass is 310 g/mol. The van der Waals surface area contributed by atoms with Crippen molar-refractivity contribution in [2.45, 2.75) is 6.42 Å². The molecule has 21 heavy (non-hydrogen) atoms. The van der Waals surface area contributed by atoms with Crippen molar-refractivity contribution >= 4 is 11.3 Å². The smallest absolute Gasteiger partial charge is 0.0110 e. The third-order valence-corrected chi connectivity index (χ3v) is 4.84. The SMILES string of the molecule is CN(C)CCN1CCN(CCNCCc2ccsc2)CC1. The number of nitrogens with one attached hydrogen (secondary N) is 1. The molecule has 0 atom stereocenters. The summed E-state index contributed by atoms with van der Waals surface area (Å²) in [5.41, 5.74) is 1.46. The molecule has 0 spiro atoms. The maximum atomic E-state index is 3.56. The minimum atomic E-state index is 1.10. The minimum Gasteiger partial charge on any atom is -0.315 e. The molecule has 5 heteroatoms. The van der Waals surface area contributed by atoms with Crippen molar-refractivity contribution in [3.05, 3.63) is 22.4 Å². The molecule has 1 aliphatic rings. The molecule has 1 aromatic heterocycles. The Morgan fingerprint density at radius 3 is 2.43 bits per heavy atom. The van der Waals surface area contributed by atoms with Crippen LogP contribution in [-0.2, 0) is 6.42 Å². The Labute approximate surface area is 133 Å². The second-order valence-corrected chi connectivity index (χ2v) is 6.90. The Morgan fingerprint density at radius 2 is 1.81 bits per heavy atom. The molecule has 0 bridgehead atoms. The van der Waals surface area contributed by atoms with Gasteiger partial charge in [0.15, 0.2) is 0 Å². The third kappa shape index (κ3) is 6.89. The summed E-state index contributed by atoms with van der Waals surface area (Å²) in [6.07, 6.45) is 1.15. The molecule has 2 rings (SSSR count). The van der Waals surface area contributed by atoms with Crippen LogP contribution in [0.25, 0.3) is 0 Å². The molecule has 120 valence electrons. The van der Waals surface area contributed by atoms with Gasteiger partial charge in [-0.25, -0.2) is 0 Å². The van der Waals surface area contributed by atoms with Crippen molar-refractivity contribution in [2.75, 3.05) is 73.0 Å². The van der Waals surface area contributed by atoms with Gasteiger partial charge < -0.3 is 10.2 Å². The largest absolute Gasteiger partial charge is 0.315 e. The van der Waals surface area contributed by atoms with E-state index >= 15 is 0 Å². The van der Waals surface area contributed by atoms with E-state index in [9.17, 15) is 0 Å². The van der Waals surface area contributed by atoms with Crippen LogP contribution in [0.2, 0.25) is 0 Å². The average Bonchev–Trinajstić information content (AvgIpc) is 2.99. The van der Waals surface area contributed by atoms with Gasteiger partial charge >= 0.3 is 0 Å². The number of nitrogens with zero attached hydrogens (tertiary/aromatic N) is 3. The fraction of sp³-hybridized carbons (Fsp3) is 0.750. The van der Waals surface area contributed by atoms with Gasteiger partial charge in [-0.1, -0.05) is 0 Å². The first-order valence-electron chi connectivity index (χ1n) is 8.05. The van der Waals surface area contributed by atoms with E-state index in [2.05, 4.69) is 50.9 Å². The van der Waals surface area contributed by atoms with Crippen LogP contribution in [0.3, 0.4) is 0 Å². The summed E-state index contributed by atoms with van der Waals surface area (Å²) in [6.45, 7) is 10.7. The lowest BCUT2D eigenvalue weighted by Gasteiger charge is -2.35. The van der Waals surface area contributed by atoms with Gasteiger partial charge in [0.05, 0.1) is 0 Å². The van der Waals surface area contributed by atoms with Gasteiger partial charge in [0, 0.05) is 52.4 Å². The van der Waals surface area contributed by atoms with E-state index in [1.807, 2.05) is 0 Å². The minimum absolute atomic E-state index is 1.10. The number of rotatable bonds is 9. The average molecular weight is 311 g/mol. The number of thiophene rings is 1. The molecular formula is C16H30N4S. The quantitative estimate of drug-likeness (QED) is 0.689. The summed E-state index contributed by atoms with van der Waals surface area (Å²) in [4.78, 5) is 7.44. The van der Waals surface area contributed by atoms with Crippen LogP contribution in [0, 0.1) is 0 Å². The van der Waals surface area contributed by atoms with Crippen molar-refractivity contribution in [1.29, 1.82) is 0 Å². The highest BCUT2D eigenvalue weighted by atomic mass is 32.1. The highest BCUT2D eigenvalue weighted by Crippen LogP contribution is 2.05. The van der Waals surface area contributed by atoms with Crippen LogP contribution in [0.15, 0.2) is 16.8 Å². The zero-order chi connectivity index (χ0) is 14.9. The molecule has 0 aliphatic carbocycles. The number of hydrogen-bond donors (Lipinski definition) is 1. The lowest BCUT2D eigenvalue weighted by Crippen LogP contribution is -2.49. The maximum absolute atomic E-state index is 3.56. The summed E-state index contributed by atoms with van der Waals surface area (Å²) in [5, 5.41) is 7.97. The molecule has 0 unspecified atom stereocenters. The van der Waals surface area contributed by atoms with E-state index in [0.717, 1.165) is 19.5 Å². The Hall–Kier alpha value is -0.460. The Balaban J connectivity index is 1.47. The molecule has 1 aromatic rings. The van der Waals surface area contributed by atoms with Crippen LogP contribution >= 0.6 is 11.3 Å². The van der Waals surface area contributed by atoms with Gasteiger partial charge in [0.25, 0.3) is 0 Å². The Kier molecular flexibility index (Phi) is 7.68. The Bertz CT molecular complexity index is 358. The molecule has 4 nitrogen and oxygen atoms in total. The second kappa shape index (κ2) is 9.54.